The molecule has 0 aliphatic carbocycles. The number of aromatic nitrogens is 1. The number of halogens is 2. The number of carbonyl (C=O) groups is 2. The molecule has 0 bridgehead atoms. The van der Waals surface area contributed by atoms with Gasteiger partial charge in [0.1, 0.15) is 11.6 Å². The lowest BCUT2D eigenvalue weighted by molar-refractivity contribution is 0.0686. The van der Waals surface area contributed by atoms with Gasteiger partial charge >= 0.3 is 5.97 Å². The molecule has 4 aromatic rings. The molecule has 1 unspecified atom stereocenters. The van der Waals surface area contributed by atoms with E-state index in [1.165, 1.54) is 35.4 Å². The van der Waals surface area contributed by atoms with Crippen molar-refractivity contribution in [3.63, 3.8) is 0 Å². The first-order valence-electron chi connectivity index (χ1n) is 10.4. The SMILES string of the molecule is COc1ccc(CN2C(=O)c3c(c(C(=O)O)cc4ncccc34)C2c2cc(F)ccc2Cl)cc1. The smallest absolute Gasteiger partial charge is 0.336 e. The van der Waals surface area contributed by atoms with Gasteiger partial charge in [-0.2, -0.15) is 0 Å². The van der Waals surface area contributed by atoms with Crippen LogP contribution in [-0.4, -0.2) is 34.0 Å². The maximum atomic E-state index is 14.3. The molecule has 1 aliphatic rings. The normalized spacial score (nSPS) is 15.0. The zero-order chi connectivity index (χ0) is 24.0. The molecule has 170 valence electrons. The second kappa shape index (κ2) is 8.43. The first-order chi connectivity index (χ1) is 16.4. The van der Waals surface area contributed by atoms with Crippen molar-refractivity contribution in [3.05, 3.63) is 106 Å². The number of rotatable bonds is 5. The average molecular weight is 477 g/mol. The van der Waals surface area contributed by atoms with Crippen LogP contribution in [0.25, 0.3) is 10.9 Å². The van der Waals surface area contributed by atoms with Gasteiger partial charge in [-0.1, -0.05) is 29.8 Å². The Bertz CT molecular complexity index is 1460. The van der Waals surface area contributed by atoms with Crippen molar-refractivity contribution < 1.29 is 23.8 Å². The number of methoxy groups -OCH3 is 1. The summed E-state index contributed by atoms with van der Waals surface area (Å²) in [6.45, 7) is 0.149. The summed E-state index contributed by atoms with van der Waals surface area (Å²) >= 11 is 6.47. The highest BCUT2D eigenvalue weighted by molar-refractivity contribution is 6.31. The van der Waals surface area contributed by atoms with Gasteiger partial charge in [0.25, 0.3) is 5.91 Å². The summed E-state index contributed by atoms with van der Waals surface area (Å²) in [5.41, 5.74) is 1.94. The molecule has 1 aromatic heterocycles. The number of ether oxygens (including phenoxy) is 1. The summed E-state index contributed by atoms with van der Waals surface area (Å²) in [5.74, 6) is -1.46. The van der Waals surface area contributed by atoms with Crippen molar-refractivity contribution in [2.24, 2.45) is 0 Å². The molecule has 2 heterocycles. The number of hydrogen-bond donors (Lipinski definition) is 1. The predicted octanol–water partition coefficient (Wildman–Crippen LogP) is 5.48. The van der Waals surface area contributed by atoms with Gasteiger partial charge in [0.2, 0.25) is 0 Å². The van der Waals surface area contributed by atoms with Crippen LogP contribution in [0.3, 0.4) is 0 Å². The van der Waals surface area contributed by atoms with Crippen molar-refractivity contribution >= 4 is 34.4 Å². The van der Waals surface area contributed by atoms with Crippen LogP contribution in [0.1, 0.15) is 43.4 Å². The highest BCUT2D eigenvalue weighted by Gasteiger charge is 2.43. The molecule has 8 heteroatoms. The largest absolute Gasteiger partial charge is 0.497 e. The van der Waals surface area contributed by atoms with Crippen molar-refractivity contribution in [1.82, 2.24) is 9.88 Å². The molecule has 34 heavy (non-hydrogen) atoms. The van der Waals surface area contributed by atoms with Crippen LogP contribution in [-0.2, 0) is 6.54 Å². The third-order valence-corrected chi connectivity index (χ3v) is 6.35. The Balaban J connectivity index is 1.77. The number of hydrogen-bond acceptors (Lipinski definition) is 4. The Morgan fingerprint density at radius 2 is 1.94 bits per heavy atom. The minimum Gasteiger partial charge on any atom is -0.497 e. The molecule has 0 saturated heterocycles. The molecule has 1 atom stereocenters. The Morgan fingerprint density at radius 1 is 1.18 bits per heavy atom. The zero-order valence-corrected chi connectivity index (χ0v) is 18.7. The molecule has 3 aromatic carbocycles. The molecule has 6 nitrogen and oxygen atoms in total. The summed E-state index contributed by atoms with van der Waals surface area (Å²) in [4.78, 5) is 31.9. The van der Waals surface area contributed by atoms with E-state index < -0.39 is 17.8 Å². The molecule has 0 fully saturated rings. The molecule has 0 radical (unpaired) electrons. The molecule has 5 rings (SSSR count). The van der Waals surface area contributed by atoms with Gasteiger partial charge in [0, 0.05) is 34.3 Å². The molecule has 1 amide bonds. The fourth-order valence-electron chi connectivity index (χ4n) is 4.48. The van der Waals surface area contributed by atoms with Crippen LogP contribution in [0.15, 0.2) is 66.9 Å². The van der Waals surface area contributed by atoms with Gasteiger partial charge in [0.15, 0.2) is 0 Å². The minimum atomic E-state index is -1.21. The summed E-state index contributed by atoms with van der Waals surface area (Å²) in [7, 11) is 1.56. The zero-order valence-electron chi connectivity index (χ0n) is 18.0. The monoisotopic (exact) mass is 476 g/mol. The van der Waals surface area contributed by atoms with Crippen molar-refractivity contribution in [1.29, 1.82) is 0 Å². The van der Waals surface area contributed by atoms with E-state index in [1.807, 2.05) is 12.1 Å². The Kier molecular flexibility index (Phi) is 5.42. The number of pyridine rings is 1. The topological polar surface area (TPSA) is 79.7 Å². The predicted molar refractivity (Wildman–Crippen MR) is 125 cm³/mol. The maximum absolute atomic E-state index is 14.3. The summed E-state index contributed by atoms with van der Waals surface area (Å²) in [6, 6.07) is 15.0. The number of nitrogens with zero attached hydrogens (tertiary/aromatic N) is 2. The number of fused-ring (bicyclic) bond motifs is 3. The molecule has 0 spiro atoms. The molecular weight excluding hydrogens is 459 g/mol. The highest BCUT2D eigenvalue weighted by atomic mass is 35.5. The maximum Gasteiger partial charge on any atom is 0.336 e. The third kappa shape index (κ3) is 3.54. The first-order valence-corrected chi connectivity index (χ1v) is 10.8. The van der Waals surface area contributed by atoms with Gasteiger partial charge < -0.3 is 14.7 Å². The number of carboxylic acids is 1. The summed E-state index contributed by atoms with van der Waals surface area (Å²) < 4.78 is 19.5. The van der Waals surface area contributed by atoms with E-state index in [9.17, 15) is 19.1 Å². The van der Waals surface area contributed by atoms with E-state index in [1.54, 1.807) is 31.4 Å². The molecular formula is C26H18ClFN2O4. The van der Waals surface area contributed by atoms with Gasteiger partial charge in [-0.15, -0.1) is 0 Å². The van der Waals surface area contributed by atoms with Gasteiger partial charge in [-0.05, 0) is 48.0 Å². The lowest BCUT2D eigenvalue weighted by atomic mass is 9.90. The van der Waals surface area contributed by atoms with E-state index >= 15 is 0 Å². The van der Waals surface area contributed by atoms with Crippen molar-refractivity contribution in [2.45, 2.75) is 12.6 Å². The summed E-state index contributed by atoms with van der Waals surface area (Å²) in [6.07, 6.45) is 1.54. The minimum absolute atomic E-state index is 0.0721. The lowest BCUT2D eigenvalue weighted by Gasteiger charge is -2.27. The second-order valence-electron chi connectivity index (χ2n) is 7.94. The van der Waals surface area contributed by atoms with Gasteiger partial charge in [0.05, 0.1) is 29.8 Å². The second-order valence-corrected chi connectivity index (χ2v) is 8.34. The molecule has 1 aliphatic heterocycles. The Hall–Kier alpha value is -3.97. The lowest BCUT2D eigenvalue weighted by Crippen LogP contribution is -2.29. The quantitative estimate of drug-likeness (QED) is 0.412. The van der Waals surface area contributed by atoms with Crippen molar-refractivity contribution in [3.8, 4) is 5.75 Å². The van der Waals surface area contributed by atoms with E-state index in [0.29, 0.717) is 22.2 Å². The van der Waals surface area contributed by atoms with Gasteiger partial charge in [-0.25, -0.2) is 9.18 Å². The number of aromatic carboxylic acids is 1. The summed E-state index contributed by atoms with van der Waals surface area (Å²) in [5, 5.41) is 10.8. The number of carboxylic acid groups (broad SMARTS) is 1. The number of amides is 1. The molecule has 1 N–H and O–H groups in total. The number of carbonyl (C=O) groups excluding carboxylic acids is 1. The highest BCUT2D eigenvalue weighted by Crippen LogP contribution is 2.46. The number of benzene rings is 3. The average Bonchev–Trinajstić information content (AvgIpc) is 3.12. The van der Waals surface area contributed by atoms with Crippen molar-refractivity contribution in [2.75, 3.05) is 7.11 Å². The van der Waals surface area contributed by atoms with E-state index in [2.05, 4.69) is 4.98 Å². The van der Waals surface area contributed by atoms with Crippen LogP contribution >= 0.6 is 11.6 Å². The van der Waals surface area contributed by atoms with Crippen LogP contribution in [0.5, 0.6) is 5.75 Å². The van der Waals surface area contributed by atoms with Crippen LogP contribution in [0.2, 0.25) is 5.02 Å². The van der Waals surface area contributed by atoms with Crippen LogP contribution in [0, 0.1) is 5.82 Å². The van der Waals surface area contributed by atoms with E-state index in [4.69, 9.17) is 16.3 Å². The Morgan fingerprint density at radius 3 is 2.65 bits per heavy atom. The Labute approximate surface area is 199 Å². The first kappa shape index (κ1) is 21.9. The van der Waals surface area contributed by atoms with Crippen LogP contribution < -0.4 is 4.74 Å². The molecule has 0 saturated carbocycles. The van der Waals surface area contributed by atoms with E-state index in [-0.39, 0.29) is 34.2 Å². The third-order valence-electron chi connectivity index (χ3n) is 6.00. The van der Waals surface area contributed by atoms with E-state index in [0.717, 1.165) is 5.56 Å². The fourth-order valence-corrected chi connectivity index (χ4v) is 4.71. The van der Waals surface area contributed by atoms with Gasteiger partial charge in [-0.3, -0.25) is 9.78 Å². The van der Waals surface area contributed by atoms with Crippen LogP contribution in [0.4, 0.5) is 4.39 Å². The fraction of sp³-hybridized carbons (Fsp3) is 0.115. The standard InChI is InChI=1S/C26H18ClFN2O4/c1-34-16-7-4-14(5-8-16)13-30-24(18-11-15(28)6-9-20(18)27)22-19(26(32)33)12-21-17(3-2-10-29-21)23(22)25(30)31/h2-12,24H,13H2,1H3,(H,32,33).